The Hall–Kier alpha value is -1.56. The lowest BCUT2D eigenvalue weighted by Crippen LogP contribution is -2.21. The van der Waals surface area contributed by atoms with Gasteiger partial charge in [-0.3, -0.25) is 4.57 Å². The number of halogens is 2. The van der Waals surface area contributed by atoms with Crippen LogP contribution >= 0.6 is 7.60 Å². The molecule has 104 valence electrons. The van der Waals surface area contributed by atoms with E-state index in [9.17, 15) is 18.1 Å². The monoisotopic (exact) mass is 292 g/mol. The van der Waals surface area contributed by atoms with E-state index in [4.69, 9.17) is 14.5 Å². The summed E-state index contributed by atoms with van der Waals surface area (Å²) in [6.07, 6.45) is -1.47. The topological polar surface area (TPSA) is 83.8 Å². The second-order valence-electron chi connectivity index (χ2n) is 3.69. The third-order valence-corrected chi connectivity index (χ3v) is 3.11. The minimum atomic E-state index is -5.65. The molecule has 0 atom stereocenters. The molecule has 19 heavy (non-hydrogen) atoms. The van der Waals surface area contributed by atoms with Gasteiger partial charge in [-0.25, -0.2) is 4.79 Å². The molecule has 0 amide bonds. The number of carbonyl (C=O) groups is 1. The van der Waals surface area contributed by atoms with E-state index in [0.29, 0.717) is 0 Å². The van der Waals surface area contributed by atoms with Gasteiger partial charge in [0.05, 0.1) is 6.42 Å². The van der Waals surface area contributed by atoms with Crippen molar-refractivity contribution in [2.45, 2.75) is 12.1 Å². The third kappa shape index (κ3) is 4.24. The highest BCUT2D eigenvalue weighted by atomic mass is 31.2. The fourth-order valence-electron chi connectivity index (χ4n) is 1.10. The van der Waals surface area contributed by atoms with Crippen molar-refractivity contribution in [1.29, 1.82) is 0 Å². The maximum atomic E-state index is 13.0. The molecular weight excluding hydrogens is 281 g/mol. The first-order chi connectivity index (χ1) is 8.63. The lowest BCUT2D eigenvalue weighted by atomic mass is 10.2. The molecule has 0 aliphatic rings. The Labute approximate surface area is 107 Å². The Morgan fingerprint density at radius 1 is 1.32 bits per heavy atom. The molecule has 1 aromatic carbocycles. The van der Waals surface area contributed by atoms with Gasteiger partial charge < -0.3 is 14.5 Å². The number of esters is 1. The number of para-hydroxylation sites is 1. The van der Waals surface area contributed by atoms with Gasteiger partial charge in [-0.15, -0.1) is 0 Å². The van der Waals surface area contributed by atoms with Gasteiger partial charge in [0.15, 0.2) is 0 Å². The molecule has 0 heterocycles. The molecule has 0 aliphatic heterocycles. The molecule has 0 saturated carbocycles. The van der Waals surface area contributed by atoms with Crippen LogP contribution in [0, 0.1) is 0 Å². The highest BCUT2D eigenvalue weighted by molar-refractivity contribution is 7.53. The Kier molecular flexibility index (Phi) is 4.57. The molecule has 0 unspecified atom stereocenters. The van der Waals surface area contributed by atoms with Crippen molar-refractivity contribution in [2.75, 3.05) is 0 Å². The van der Waals surface area contributed by atoms with E-state index in [1.54, 1.807) is 18.2 Å². The molecule has 5 nitrogen and oxygen atoms in total. The summed E-state index contributed by atoms with van der Waals surface area (Å²) in [6, 6.07) is 7.64. The van der Waals surface area contributed by atoms with Crippen molar-refractivity contribution in [1.82, 2.24) is 0 Å². The van der Waals surface area contributed by atoms with Crippen LogP contribution in [0.3, 0.4) is 0 Å². The molecule has 0 saturated heterocycles. The van der Waals surface area contributed by atoms with Gasteiger partial charge in [-0.1, -0.05) is 24.8 Å². The smallest absolute Gasteiger partial charge is 0.394 e. The first kappa shape index (κ1) is 15.5. The van der Waals surface area contributed by atoms with E-state index in [1.165, 1.54) is 12.1 Å². The number of carbonyl (C=O) groups excluding carboxylic acids is 1. The van der Waals surface area contributed by atoms with Crippen molar-refractivity contribution in [2.24, 2.45) is 0 Å². The molecule has 0 bridgehead atoms. The summed E-state index contributed by atoms with van der Waals surface area (Å²) < 4.78 is 41.3. The van der Waals surface area contributed by atoms with Gasteiger partial charge >= 0.3 is 19.2 Å². The highest BCUT2D eigenvalue weighted by Gasteiger charge is 2.49. The lowest BCUT2D eigenvalue weighted by molar-refractivity contribution is -0.130. The standard InChI is InChI=1S/C11H11F2O5P/c1-8(7-11(12,13)19(15,16)17)10(14)18-9-5-3-2-4-6-9/h2-6H,1,7H2,(H2,15,16,17). The van der Waals surface area contributed by atoms with E-state index in [2.05, 4.69) is 6.58 Å². The molecule has 0 aliphatic carbocycles. The van der Waals surface area contributed by atoms with Crippen LogP contribution in [0.4, 0.5) is 8.78 Å². The fraction of sp³-hybridized carbons (Fsp3) is 0.182. The largest absolute Gasteiger partial charge is 0.423 e. The van der Waals surface area contributed by atoms with Gasteiger partial charge in [-0.2, -0.15) is 8.78 Å². The molecule has 2 N–H and O–H groups in total. The number of benzene rings is 1. The summed E-state index contributed by atoms with van der Waals surface area (Å²) in [5.74, 6) is -1.05. The number of ether oxygens (including phenoxy) is 1. The van der Waals surface area contributed by atoms with Gasteiger partial charge in [0, 0.05) is 5.57 Å². The Bertz CT molecular complexity index is 523. The predicted molar refractivity (Wildman–Crippen MR) is 62.8 cm³/mol. The second-order valence-corrected chi connectivity index (χ2v) is 5.44. The summed E-state index contributed by atoms with van der Waals surface area (Å²) in [6.45, 7) is 3.05. The van der Waals surface area contributed by atoms with E-state index >= 15 is 0 Å². The van der Waals surface area contributed by atoms with E-state index in [0.717, 1.165) is 0 Å². The molecule has 1 rings (SSSR count). The van der Waals surface area contributed by atoms with Crippen LogP contribution in [0.25, 0.3) is 0 Å². The van der Waals surface area contributed by atoms with Crippen LogP contribution in [0.1, 0.15) is 6.42 Å². The quantitative estimate of drug-likeness (QED) is 0.376. The SMILES string of the molecule is C=C(CC(F)(F)P(=O)(O)O)C(=O)Oc1ccccc1. The molecule has 0 radical (unpaired) electrons. The molecular formula is C11H11F2O5P. The van der Waals surface area contributed by atoms with Crippen molar-refractivity contribution in [3.05, 3.63) is 42.5 Å². The highest BCUT2D eigenvalue weighted by Crippen LogP contribution is 2.55. The first-order valence-corrected chi connectivity index (χ1v) is 6.63. The van der Waals surface area contributed by atoms with Crippen molar-refractivity contribution < 1.29 is 32.7 Å². The number of hydrogen-bond donors (Lipinski definition) is 2. The van der Waals surface area contributed by atoms with Gasteiger partial charge in [0.1, 0.15) is 5.75 Å². The maximum Gasteiger partial charge on any atom is 0.394 e. The van der Waals surface area contributed by atoms with Crippen LogP contribution in [0.2, 0.25) is 0 Å². The van der Waals surface area contributed by atoms with E-state index in [-0.39, 0.29) is 5.75 Å². The average Bonchev–Trinajstić information content (AvgIpc) is 2.28. The molecule has 0 spiro atoms. The van der Waals surface area contributed by atoms with Crippen molar-refractivity contribution >= 4 is 13.6 Å². The number of alkyl halides is 2. The third-order valence-electron chi connectivity index (χ3n) is 2.09. The summed E-state index contributed by atoms with van der Waals surface area (Å²) in [4.78, 5) is 28.3. The van der Waals surface area contributed by atoms with Gasteiger partial charge in [-0.05, 0) is 12.1 Å². The molecule has 1 aromatic rings. The van der Waals surface area contributed by atoms with Crippen LogP contribution in [-0.4, -0.2) is 21.4 Å². The Morgan fingerprint density at radius 2 is 1.84 bits per heavy atom. The minimum absolute atomic E-state index is 0.119. The first-order valence-electron chi connectivity index (χ1n) is 5.02. The molecule has 0 fully saturated rings. The van der Waals surface area contributed by atoms with E-state index < -0.39 is 31.2 Å². The maximum absolute atomic E-state index is 13.0. The van der Waals surface area contributed by atoms with Crippen molar-refractivity contribution in [3.8, 4) is 5.75 Å². The molecule has 8 heteroatoms. The normalized spacial score (nSPS) is 12.0. The van der Waals surface area contributed by atoms with Crippen LogP contribution in [0.5, 0.6) is 5.75 Å². The molecule has 0 aromatic heterocycles. The summed E-state index contributed by atoms with van der Waals surface area (Å²) >= 11 is 0. The zero-order valence-corrected chi connectivity index (χ0v) is 10.5. The van der Waals surface area contributed by atoms with Crippen LogP contribution < -0.4 is 4.74 Å². The van der Waals surface area contributed by atoms with Gasteiger partial charge in [0.2, 0.25) is 0 Å². The fourth-order valence-corrected chi connectivity index (χ4v) is 1.50. The predicted octanol–water partition coefficient (Wildman–Crippen LogP) is 2.31. The van der Waals surface area contributed by atoms with E-state index in [1.807, 2.05) is 0 Å². The zero-order chi connectivity index (χ0) is 14.7. The number of rotatable bonds is 5. The Morgan fingerprint density at radius 3 is 2.32 bits per heavy atom. The van der Waals surface area contributed by atoms with Gasteiger partial charge in [0.25, 0.3) is 0 Å². The van der Waals surface area contributed by atoms with Crippen LogP contribution in [0.15, 0.2) is 42.5 Å². The minimum Gasteiger partial charge on any atom is -0.423 e. The zero-order valence-electron chi connectivity index (χ0n) is 9.62. The summed E-state index contributed by atoms with van der Waals surface area (Å²) in [5.41, 5.74) is -5.07. The summed E-state index contributed by atoms with van der Waals surface area (Å²) in [5, 5.41) is 0. The van der Waals surface area contributed by atoms with Crippen LogP contribution in [-0.2, 0) is 9.36 Å². The lowest BCUT2D eigenvalue weighted by Gasteiger charge is -2.17. The summed E-state index contributed by atoms with van der Waals surface area (Å²) in [7, 11) is -5.65. The van der Waals surface area contributed by atoms with Crippen molar-refractivity contribution in [3.63, 3.8) is 0 Å². The average molecular weight is 292 g/mol. The Balaban J connectivity index is 2.69. The number of hydrogen-bond acceptors (Lipinski definition) is 3. The second kappa shape index (κ2) is 5.61.